The van der Waals surface area contributed by atoms with E-state index in [1.807, 2.05) is 25.7 Å². The van der Waals surface area contributed by atoms with Crippen LogP contribution in [0.5, 0.6) is 0 Å². The molecule has 2 saturated heterocycles. The van der Waals surface area contributed by atoms with Gasteiger partial charge in [0.1, 0.15) is 5.60 Å². The molecule has 0 aromatic heterocycles. The van der Waals surface area contributed by atoms with E-state index < -0.39 is 5.60 Å². The molecule has 2 aliphatic rings. The molecule has 5 nitrogen and oxygen atoms in total. The molecule has 5 heteroatoms. The summed E-state index contributed by atoms with van der Waals surface area (Å²) in [6.07, 6.45) is 4.51. The third-order valence-electron chi connectivity index (χ3n) is 5.07. The Hall–Kier alpha value is -0.810. The quantitative estimate of drug-likeness (QED) is 0.834. The lowest BCUT2D eigenvalue weighted by atomic mass is 9.80. The molecule has 0 bridgehead atoms. The second kappa shape index (κ2) is 7.84. The highest BCUT2D eigenvalue weighted by molar-refractivity contribution is 5.68. The number of piperidine rings is 2. The van der Waals surface area contributed by atoms with E-state index >= 15 is 0 Å². The molecule has 0 atom stereocenters. The van der Waals surface area contributed by atoms with Crippen molar-refractivity contribution in [2.24, 2.45) is 11.3 Å². The summed E-state index contributed by atoms with van der Waals surface area (Å²) in [6.45, 7) is 14.2. The summed E-state index contributed by atoms with van der Waals surface area (Å²) in [5.74, 6) is 0.821. The van der Waals surface area contributed by atoms with Crippen molar-refractivity contribution >= 4 is 6.09 Å². The number of ether oxygens (including phenoxy) is 1. The zero-order valence-corrected chi connectivity index (χ0v) is 15.4. The van der Waals surface area contributed by atoms with Crippen molar-refractivity contribution in [1.29, 1.82) is 0 Å². The Morgan fingerprint density at radius 2 is 1.87 bits per heavy atom. The number of nitrogens with zero attached hydrogens (tertiary/aromatic N) is 1. The zero-order valence-electron chi connectivity index (χ0n) is 15.4. The molecule has 0 aromatic carbocycles. The highest BCUT2D eigenvalue weighted by atomic mass is 16.6. The minimum Gasteiger partial charge on any atom is -0.444 e. The van der Waals surface area contributed by atoms with Crippen molar-refractivity contribution in [1.82, 2.24) is 15.5 Å². The van der Waals surface area contributed by atoms with E-state index in [2.05, 4.69) is 17.6 Å². The standard InChI is InChI=1S/C18H35N3O2/c1-17(2,3)23-16(22)21-11-7-18(4,8-12-21)14-20-13-15-5-9-19-10-6-15/h15,19-20H,5-14H2,1-4H3. The average molecular weight is 325 g/mol. The van der Waals surface area contributed by atoms with E-state index in [4.69, 9.17) is 4.74 Å². The van der Waals surface area contributed by atoms with E-state index in [1.54, 1.807) is 0 Å². The normalized spacial score (nSPS) is 22.9. The Bertz CT molecular complexity index is 378. The molecule has 2 fully saturated rings. The topological polar surface area (TPSA) is 53.6 Å². The number of hydrogen-bond donors (Lipinski definition) is 2. The van der Waals surface area contributed by atoms with E-state index in [0.29, 0.717) is 5.41 Å². The summed E-state index contributed by atoms with van der Waals surface area (Å²) in [4.78, 5) is 14.0. The van der Waals surface area contributed by atoms with Crippen LogP contribution in [0.4, 0.5) is 4.79 Å². The van der Waals surface area contributed by atoms with Crippen LogP contribution in [0.1, 0.15) is 53.4 Å². The van der Waals surface area contributed by atoms with Crippen LogP contribution in [-0.4, -0.2) is 55.9 Å². The SMILES string of the molecule is CC1(CNCC2CCNCC2)CCN(C(=O)OC(C)(C)C)CC1. The maximum Gasteiger partial charge on any atom is 0.410 e. The molecule has 2 rings (SSSR count). The van der Waals surface area contributed by atoms with Crippen molar-refractivity contribution in [2.75, 3.05) is 39.3 Å². The van der Waals surface area contributed by atoms with Crippen LogP contribution in [-0.2, 0) is 4.74 Å². The van der Waals surface area contributed by atoms with Gasteiger partial charge in [-0.05, 0) is 77.4 Å². The van der Waals surface area contributed by atoms with Gasteiger partial charge in [-0.15, -0.1) is 0 Å². The third-order valence-corrected chi connectivity index (χ3v) is 5.07. The summed E-state index contributed by atoms with van der Waals surface area (Å²) in [5, 5.41) is 7.10. The average Bonchev–Trinajstić information content (AvgIpc) is 2.47. The van der Waals surface area contributed by atoms with Gasteiger partial charge in [-0.2, -0.15) is 0 Å². The highest BCUT2D eigenvalue weighted by Crippen LogP contribution is 2.31. The minimum absolute atomic E-state index is 0.165. The molecular weight excluding hydrogens is 290 g/mol. The molecule has 2 aliphatic heterocycles. The number of rotatable bonds is 4. The lowest BCUT2D eigenvalue weighted by Gasteiger charge is -2.40. The minimum atomic E-state index is -0.408. The Labute approximate surface area is 141 Å². The Morgan fingerprint density at radius 1 is 1.26 bits per heavy atom. The number of likely N-dealkylation sites (tertiary alicyclic amines) is 1. The number of carbonyl (C=O) groups excluding carboxylic acids is 1. The van der Waals surface area contributed by atoms with Crippen LogP contribution in [0.25, 0.3) is 0 Å². The van der Waals surface area contributed by atoms with Crippen LogP contribution in [0.2, 0.25) is 0 Å². The fraction of sp³-hybridized carbons (Fsp3) is 0.944. The maximum absolute atomic E-state index is 12.1. The van der Waals surface area contributed by atoms with Crippen molar-refractivity contribution in [2.45, 2.75) is 59.0 Å². The first-order chi connectivity index (χ1) is 10.8. The van der Waals surface area contributed by atoms with Crippen molar-refractivity contribution < 1.29 is 9.53 Å². The first-order valence-electron chi connectivity index (χ1n) is 9.17. The number of amides is 1. The molecular formula is C18H35N3O2. The fourth-order valence-corrected chi connectivity index (χ4v) is 3.40. The van der Waals surface area contributed by atoms with E-state index in [0.717, 1.165) is 58.0 Å². The summed E-state index contributed by atoms with van der Waals surface area (Å²) in [6, 6.07) is 0. The lowest BCUT2D eigenvalue weighted by molar-refractivity contribution is 0.0119. The summed E-state index contributed by atoms with van der Waals surface area (Å²) < 4.78 is 5.47. The predicted octanol–water partition coefficient (Wildman–Crippen LogP) is 2.61. The molecule has 1 amide bonds. The first-order valence-corrected chi connectivity index (χ1v) is 9.17. The molecule has 0 aromatic rings. The Morgan fingerprint density at radius 3 is 2.43 bits per heavy atom. The molecule has 23 heavy (non-hydrogen) atoms. The molecule has 0 saturated carbocycles. The van der Waals surface area contributed by atoms with Gasteiger partial charge >= 0.3 is 6.09 Å². The second-order valence-electron chi connectivity index (χ2n) is 8.60. The molecule has 0 unspecified atom stereocenters. The third kappa shape index (κ3) is 6.30. The van der Waals surface area contributed by atoms with Gasteiger partial charge in [0.15, 0.2) is 0 Å². The number of carbonyl (C=O) groups is 1. The predicted molar refractivity (Wildman–Crippen MR) is 93.6 cm³/mol. The van der Waals surface area contributed by atoms with E-state index in [9.17, 15) is 4.79 Å². The highest BCUT2D eigenvalue weighted by Gasteiger charge is 2.33. The number of nitrogens with one attached hydrogen (secondary N) is 2. The van der Waals surface area contributed by atoms with Crippen LogP contribution in [0.3, 0.4) is 0 Å². The second-order valence-corrected chi connectivity index (χ2v) is 8.60. The number of hydrogen-bond acceptors (Lipinski definition) is 4. The Kier molecular flexibility index (Phi) is 6.32. The Balaban J connectivity index is 1.68. The first kappa shape index (κ1) is 18.5. The van der Waals surface area contributed by atoms with Gasteiger partial charge < -0.3 is 20.3 Å². The molecule has 2 heterocycles. The van der Waals surface area contributed by atoms with Gasteiger partial charge in [-0.1, -0.05) is 6.92 Å². The van der Waals surface area contributed by atoms with Gasteiger partial charge in [-0.25, -0.2) is 4.79 Å². The van der Waals surface area contributed by atoms with Crippen LogP contribution in [0, 0.1) is 11.3 Å². The summed E-state index contributed by atoms with van der Waals surface area (Å²) in [7, 11) is 0. The van der Waals surface area contributed by atoms with Gasteiger partial charge in [-0.3, -0.25) is 0 Å². The van der Waals surface area contributed by atoms with Gasteiger partial charge in [0, 0.05) is 19.6 Å². The monoisotopic (exact) mass is 325 g/mol. The molecule has 134 valence electrons. The molecule has 2 N–H and O–H groups in total. The molecule has 0 aliphatic carbocycles. The molecule has 0 radical (unpaired) electrons. The fourth-order valence-electron chi connectivity index (χ4n) is 3.40. The summed E-state index contributed by atoms with van der Waals surface area (Å²) in [5.41, 5.74) is -0.111. The van der Waals surface area contributed by atoms with Crippen LogP contribution < -0.4 is 10.6 Å². The van der Waals surface area contributed by atoms with Crippen molar-refractivity contribution in [3.8, 4) is 0 Å². The largest absolute Gasteiger partial charge is 0.444 e. The van der Waals surface area contributed by atoms with Crippen molar-refractivity contribution in [3.05, 3.63) is 0 Å². The van der Waals surface area contributed by atoms with Gasteiger partial charge in [0.25, 0.3) is 0 Å². The zero-order chi connectivity index (χ0) is 16.9. The van der Waals surface area contributed by atoms with Crippen LogP contribution in [0.15, 0.2) is 0 Å². The molecule has 0 spiro atoms. The van der Waals surface area contributed by atoms with Gasteiger partial charge in [0.05, 0.1) is 0 Å². The lowest BCUT2D eigenvalue weighted by Crippen LogP contribution is -2.47. The van der Waals surface area contributed by atoms with Gasteiger partial charge in [0.2, 0.25) is 0 Å². The van der Waals surface area contributed by atoms with Crippen molar-refractivity contribution in [3.63, 3.8) is 0 Å². The smallest absolute Gasteiger partial charge is 0.410 e. The van der Waals surface area contributed by atoms with E-state index in [1.165, 1.54) is 12.8 Å². The van der Waals surface area contributed by atoms with Crippen LogP contribution >= 0.6 is 0 Å². The summed E-state index contributed by atoms with van der Waals surface area (Å²) >= 11 is 0. The van der Waals surface area contributed by atoms with E-state index in [-0.39, 0.29) is 6.09 Å². The maximum atomic E-state index is 12.1.